The number of rotatable bonds is 3. The first-order chi connectivity index (χ1) is 9.36. The number of nitrogen functional groups attached to an aromatic ring is 1. The first-order valence-corrected chi connectivity index (χ1v) is 5.82. The Morgan fingerprint density at radius 1 is 1.35 bits per heavy atom. The summed E-state index contributed by atoms with van der Waals surface area (Å²) in [6.07, 6.45) is -3.10. The maximum atomic E-state index is 12.8. The highest BCUT2D eigenvalue weighted by atomic mass is 19.4. The van der Waals surface area contributed by atoms with E-state index in [1.54, 1.807) is 11.6 Å². The molecular formula is C11H13F3N6. The molecule has 0 aliphatic rings. The molecule has 3 N–H and O–H groups in total. The topological polar surface area (TPSA) is 81.7 Å². The third kappa shape index (κ3) is 2.57. The Morgan fingerprint density at radius 3 is 2.55 bits per heavy atom. The Hall–Kier alpha value is -2.16. The number of hydrazine groups is 1. The van der Waals surface area contributed by atoms with Crippen molar-refractivity contribution in [1.82, 2.24) is 19.7 Å². The standard InChI is InChI=1S/C11H13F3N6/c1-3-20-6(2)7(5-16-20)8-4-9(11(12,13)14)18-10(17-8)19-15/h4-5H,3,15H2,1-2H3,(H,17,18,19). The molecule has 0 aliphatic heterocycles. The molecule has 0 radical (unpaired) electrons. The molecule has 0 spiro atoms. The van der Waals surface area contributed by atoms with Crippen molar-refractivity contribution < 1.29 is 13.2 Å². The van der Waals surface area contributed by atoms with Gasteiger partial charge in [0.05, 0.1) is 11.9 Å². The van der Waals surface area contributed by atoms with Gasteiger partial charge in [0.25, 0.3) is 0 Å². The summed E-state index contributed by atoms with van der Waals surface area (Å²) in [7, 11) is 0. The normalized spacial score (nSPS) is 11.7. The Labute approximate surface area is 112 Å². The fraction of sp³-hybridized carbons (Fsp3) is 0.364. The van der Waals surface area contributed by atoms with Crippen LogP contribution in [0.1, 0.15) is 18.3 Å². The molecule has 2 aromatic heterocycles. The second-order valence-electron chi connectivity index (χ2n) is 4.06. The van der Waals surface area contributed by atoms with Crippen molar-refractivity contribution in [3.05, 3.63) is 23.7 Å². The highest BCUT2D eigenvalue weighted by molar-refractivity contribution is 5.62. The lowest BCUT2D eigenvalue weighted by molar-refractivity contribution is -0.141. The predicted molar refractivity (Wildman–Crippen MR) is 66.5 cm³/mol. The molecule has 0 saturated heterocycles. The third-order valence-corrected chi connectivity index (χ3v) is 2.82. The van der Waals surface area contributed by atoms with E-state index in [1.165, 1.54) is 6.20 Å². The Kier molecular flexibility index (Phi) is 3.62. The highest BCUT2D eigenvalue weighted by Gasteiger charge is 2.34. The van der Waals surface area contributed by atoms with E-state index in [1.807, 2.05) is 12.3 Å². The van der Waals surface area contributed by atoms with Crippen LogP contribution in [0.3, 0.4) is 0 Å². The van der Waals surface area contributed by atoms with E-state index in [-0.39, 0.29) is 11.6 Å². The van der Waals surface area contributed by atoms with E-state index in [9.17, 15) is 13.2 Å². The molecular weight excluding hydrogens is 273 g/mol. The Morgan fingerprint density at radius 2 is 2.05 bits per heavy atom. The largest absolute Gasteiger partial charge is 0.433 e. The molecule has 0 bridgehead atoms. The van der Waals surface area contributed by atoms with Gasteiger partial charge in [-0.1, -0.05) is 0 Å². The fourth-order valence-corrected chi connectivity index (χ4v) is 1.81. The summed E-state index contributed by atoms with van der Waals surface area (Å²) < 4.78 is 40.0. The zero-order valence-corrected chi connectivity index (χ0v) is 10.9. The molecule has 2 rings (SSSR count). The number of aromatic nitrogens is 4. The number of anilines is 1. The van der Waals surface area contributed by atoms with Gasteiger partial charge >= 0.3 is 6.18 Å². The third-order valence-electron chi connectivity index (χ3n) is 2.82. The Balaban J connectivity index is 2.58. The van der Waals surface area contributed by atoms with Gasteiger partial charge in [-0.15, -0.1) is 0 Å². The number of nitrogens with zero attached hydrogens (tertiary/aromatic N) is 4. The van der Waals surface area contributed by atoms with E-state index in [0.29, 0.717) is 12.1 Å². The van der Waals surface area contributed by atoms with Crippen molar-refractivity contribution in [2.45, 2.75) is 26.6 Å². The highest BCUT2D eigenvalue weighted by Crippen LogP contribution is 2.31. The maximum absolute atomic E-state index is 12.8. The van der Waals surface area contributed by atoms with Crippen LogP contribution in [0.25, 0.3) is 11.3 Å². The summed E-state index contributed by atoms with van der Waals surface area (Å²) >= 11 is 0. The van der Waals surface area contributed by atoms with Crippen molar-refractivity contribution in [3.63, 3.8) is 0 Å². The van der Waals surface area contributed by atoms with Gasteiger partial charge < -0.3 is 0 Å². The molecule has 0 atom stereocenters. The van der Waals surface area contributed by atoms with Crippen LogP contribution in [0.5, 0.6) is 0 Å². The predicted octanol–water partition coefficient (Wildman–Crippen LogP) is 1.97. The molecule has 9 heteroatoms. The van der Waals surface area contributed by atoms with Crippen molar-refractivity contribution >= 4 is 5.95 Å². The van der Waals surface area contributed by atoms with Crippen LogP contribution in [-0.2, 0) is 12.7 Å². The average Bonchev–Trinajstić information content (AvgIpc) is 2.78. The zero-order chi connectivity index (χ0) is 14.9. The van der Waals surface area contributed by atoms with E-state index in [4.69, 9.17) is 5.84 Å². The van der Waals surface area contributed by atoms with Gasteiger partial charge in [0.15, 0.2) is 5.69 Å². The molecule has 0 fully saturated rings. The van der Waals surface area contributed by atoms with Crippen LogP contribution in [0.15, 0.2) is 12.3 Å². The van der Waals surface area contributed by atoms with Gasteiger partial charge in [0.2, 0.25) is 5.95 Å². The number of hydrogen-bond acceptors (Lipinski definition) is 5. The van der Waals surface area contributed by atoms with Crippen molar-refractivity contribution in [2.24, 2.45) is 5.84 Å². The minimum atomic E-state index is -4.57. The van der Waals surface area contributed by atoms with Crippen LogP contribution in [0, 0.1) is 6.92 Å². The number of nitrogens with one attached hydrogen (secondary N) is 1. The molecule has 6 nitrogen and oxygen atoms in total. The van der Waals surface area contributed by atoms with E-state index >= 15 is 0 Å². The van der Waals surface area contributed by atoms with E-state index in [0.717, 1.165) is 11.8 Å². The van der Waals surface area contributed by atoms with Gasteiger partial charge in [-0.3, -0.25) is 10.1 Å². The van der Waals surface area contributed by atoms with Crippen molar-refractivity contribution in [1.29, 1.82) is 0 Å². The minimum Gasteiger partial charge on any atom is -0.292 e. The van der Waals surface area contributed by atoms with Crippen molar-refractivity contribution in [2.75, 3.05) is 5.43 Å². The monoisotopic (exact) mass is 286 g/mol. The molecule has 0 aromatic carbocycles. The summed E-state index contributed by atoms with van der Waals surface area (Å²) in [5, 5.41) is 4.08. The van der Waals surface area contributed by atoms with Crippen LogP contribution < -0.4 is 11.3 Å². The number of aryl methyl sites for hydroxylation is 1. The van der Waals surface area contributed by atoms with Gasteiger partial charge in [-0.2, -0.15) is 18.3 Å². The lowest BCUT2D eigenvalue weighted by Crippen LogP contribution is -2.16. The average molecular weight is 286 g/mol. The van der Waals surface area contributed by atoms with E-state index in [2.05, 4.69) is 15.1 Å². The number of halogens is 3. The summed E-state index contributed by atoms with van der Waals surface area (Å²) in [5.41, 5.74) is 2.34. The molecule has 0 unspecified atom stereocenters. The number of hydrogen-bond donors (Lipinski definition) is 2. The van der Waals surface area contributed by atoms with E-state index < -0.39 is 11.9 Å². The van der Waals surface area contributed by atoms with Gasteiger partial charge in [-0.05, 0) is 19.9 Å². The van der Waals surface area contributed by atoms with Crippen LogP contribution in [0.2, 0.25) is 0 Å². The molecule has 2 aromatic rings. The van der Waals surface area contributed by atoms with Crippen molar-refractivity contribution in [3.8, 4) is 11.3 Å². The quantitative estimate of drug-likeness (QED) is 0.666. The molecule has 20 heavy (non-hydrogen) atoms. The van der Waals surface area contributed by atoms with Gasteiger partial charge in [0.1, 0.15) is 0 Å². The summed E-state index contributed by atoms with van der Waals surface area (Å²) in [5.74, 6) is 4.82. The second kappa shape index (κ2) is 5.08. The fourth-order valence-electron chi connectivity index (χ4n) is 1.81. The lowest BCUT2D eigenvalue weighted by atomic mass is 10.1. The summed E-state index contributed by atoms with van der Waals surface area (Å²) in [6.45, 7) is 4.26. The number of alkyl halides is 3. The van der Waals surface area contributed by atoms with Crippen LogP contribution >= 0.6 is 0 Å². The second-order valence-corrected chi connectivity index (χ2v) is 4.06. The molecule has 0 saturated carbocycles. The van der Waals surface area contributed by atoms with Gasteiger partial charge in [-0.25, -0.2) is 15.8 Å². The summed E-state index contributed by atoms with van der Waals surface area (Å²) in [6, 6.07) is 0.880. The molecule has 108 valence electrons. The molecule has 0 aliphatic carbocycles. The SMILES string of the molecule is CCn1ncc(-c2cc(C(F)(F)F)nc(NN)n2)c1C. The first kappa shape index (κ1) is 14.3. The smallest absolute Gasteiger partial charge is 0.292 e. The molecule has 2 heterocycles. The zero-order valence-electron chi connectivity index (χ0n) is 10.9. The summed E-state index contributed by atoms with van der Waals surface area (Å²) in [4.78, 5) is 7.25. The number of nitrogens with two attached hydrogens (primary N) is 1. The minimum absolute atomic E-state index is 0.123. The molecule has 0 amide bonds. The first-order valence-electron chi connectivity index (χ1n) is 5.82. The Bertz CT molecular complexity index is 619. The lowest BCUT2D eigenvalue weighted by Gasteiger charge is -2.10. The van der Waals surface area contributed by atoms with Crippen LogP contribution in [0.4, 0.5) is 19.1 Å². The van der Waals surface area contributed by atoms with Gasteiger partial charge in [0, 0.05) is 17.8 Å². The maximum Gasteiger partial charge on any atom is 0.433 e. The van der Waals surface area contributed by atoms with Crippen LogP contribution in [-0.4, -0.2) is 19.7 Å².